The monoisotopic (exact) mass is 632 g/mol. The van der Waals surface area contributed by atoms with Crippen molar-refractivity contribution in [3.05, 3.63) is 154 Å². The van der Waals surface area contributed by atoms with Crippen molar-refractivity contribution in [3.8, 4) is 11.1 Å². The summed E-state index contributed by atoms with van der Waals surface area (Å²) in [4.78, 5) is 0. The summed E-state index contributed by atoms with van der Waals surface area (Å²) in [7, 11) is 0. The number of benzene rings is 4. The zero-order valence-corrected chi connectivity index (χ0v) is 28.3. The van der Waals surface area contributed by atoms with Crippen molar-refractivity contribution >= 4 is 14.8 Å². The van der Waals surface area contributed by atoms with Crippen LogP contribution in [0.4, 0.5) is 0 Å². The third kappa shape index (κ3) is 8.47. The molecule has 206 valence electrons. The first-order valence-electron chi connectivity index (χ1n) is 14.2. The zero-order chi connectivity index (χ0) is 29.6. The molecule has 0 spiro atoms. The number of hydrogen-bond donors (Lipinski definition) is 0. The fraction of sp³-hybridized carbons (Fsp3) is 0.256. The van der Waals surface area contributed by atoms with Crippen LogP contribution in [0.3, 0.4) is 0 Å². The first-order valence-corrected chi connectivity index (χ1v) is 15.8. The molecule has 2 aliphatic carbocycles. The van der Waals surface area contributed by atoms with Crippen LogP contribution in [0.2, 0.25) is 5.02 Å². The van der Waals surface area contributed by atoms with Gasteiger partial charge in [-0.1, -0.05) is 76.3 Å². The van der Waals surface area contributed by atoms with Crippen LogP contribution in [-0.2, 0) is 41.5 Å². The normalized spacial score (nSPS) is 13.0. The molecule has 0 heterocycles. The summed E-state index contributed by atoms with van der Waals surface area (Å²) in [6.07, 6.45) is 11.0. The van der Waals surface area contributed by atoms with Gasteiger partial charge in [-0.15, -0.1) is 12.0 Å². The molecule has 4 aromatic rings. The van der Waals surface area contributed by atoms with Crippen molar-refractivity contribution in [3.63, 3.8) is 0 Å². The Morgan fingerprint density at radius 2 is 1.39 bits per heavy atom. The molecule has 0 nitrogen and oxygen atoms in total. The molecule has 0 amide bonds. The van der Waals surface area contributed by atoms with Crippen molar-refractivity contribution in [1.82, 2.24) is 0 Å². The van der Waals surface area contributed by atoms with E-state index in [2.05, 4.69) is 126 Å². The Bertz CT molecular complexity index is 1470. The Balaban J connectivity index is 0.000000168. The second-order valence-electron chi connectivity index (χ2n) is 12.6. The van der Waals surface area contributed by atoms with E-state index in [9.17, 15) is 0 Å². The Morgan fingerprint density at radius 3 is 1.95 bits per heavy atom. The number of hydrogen-bond acceptors (Lipinski definition) is 0. The van der Waals surface area contributed by atoms with Gasteiger partial charge in [0.25, 0.3) is 0 Å². The van der Waals surface area contributed by atoms with Crippen LogP contribution in [0.5, 0.6) is 0 Å². The first kappa shape index (κ1) is 31.3. The third-order valence-corrected chi connectivity index (χ3v) is 8.98. The van der Waals surface area contributed by atoms with Gasteiger partial charge in [-0.3, -0.25) is 6.08 Å². The smallest absolute Gasteiger partial charge is 0.109 e. The molecule has 2 heteroatoms. The summed E-state index contributed by atoms with van der Waals surface area (Å²) >= 11 is 7.28. The molecule has 6 rings (SSSR count). The standard InChI is InChI=1S/C21H25.C13H9Cl.C5H5.Zr/c1-20(2,3)16-9-7-14-11-15-8-10-17(21(4,5)6)13-19(15)18(14)12-16;14-13-8-6-12(7-9-13)10-11-4-2-1-3-5-11;1-2-4-5-3-1;/h7,9-10,12-13H,11H2,1-6H3;1-9H;1-3H,4H2;/q-1;;-1;+2. The van der Waals surface area contributed by atoms with E-state index < -0.39 is 0 Å². The number of halogens is 1. The first-order chi connectivity index (χ1) is 19.4. The molecule has 0 saturated carbocycles. The van der Waals surface area contributed by atoms with E-state index in [1.54, 1.807) is 0 Å². The largest absolute Gasteiger partial charge is 0.273 e. The van der Waals surface area contributed by atoms with E-state index in [-0.39, 0.29) is 10.8 Å². The second kappa shape index (κ2) is 13.6. The van der Waals surface area contributed by atoms with Crippen molar-refractivity contribution in [2.24, 2.45) is 0 Å². The van der Waals surface area contributed by atoms with Gasteiger partial charge >= 0.3 is 110 Å². The molecule has 41 heavy (non-hydrogen) atoms. The summed E-state index contributed by atoms with van der Waals surface area (Å²) in [6, 6.07) is 33.5. The summed E-state index contributed by atoms with van der Waals surface area (Å²) in [5.41, 5.74) is 11.3. The molecular formula is C39H39ClZr. The Kier molecular flexibility index (Phi) is 10.4. The number of fused-ring (bicyclic) bond motifs is 3. The summed E-state index contributed by atoms with van der Waals surface area (Å²) in [5.74, 6) is 0. The maximum atomic E-state index is 5.86. The van der Waals surface area contributed by atoms with Crippen LogP contribution in [0.15, 0.2) is 103 Å². The molecule has 0 bridgehead atoms. The van der Waals surface area contributed by atoms with Gasteiger partial charge < -0.3 is 0 Å². The van der Waals surface area contributed by atoms with Crippen molar-refractivity contribution in [2.45, 2.75) is 65.2 Å². The van der Waals surface area contributed by atoms with Gasteiger partial charge in [0.2, 0.25) is 0 Å². The van der Waals surface area contributed by atoms with E-state index in [1.165, 1.54) is 71.9 Å². The van der Waals surface area contributed by atoms with E-state index in [0.717, 1.165) is 17.9 Å². The predicted octanol–water partition coefficient (Wildman–Crippen LogP) is 10.4. The minimum atomic E-state index is 0.177. The molecule has 0 atom stereocenters. The molecular weight excluding hydrogens is 595 g/mol. The second-order valence-corrected chi connectivity index (χ2v) is 14.2. The third-order valence-electron chi connectivity index (χ3n) is 7.31. The fourth-order valence-electron chi connectivity index (χ4n) is 4.71. The minimum Gasteiger partial charge on any atom is -0.273 e. The van der Waals surface area contributed by atoms with Crippen molar-refractivity contribution in [1.29, 1.82) is 0 Å². The van der Waals surface area contributed by atoms with Crippen LogP contribution < -0.4 is 0 Å². The Morgan fingerprint density at radius 1 is 0.756 bits per heavy atom. The van der Waals surface area contributed by atoms with E-state index >= 15 is 0 Å². The average molecular weight is 634 g/mol. The summed E-state index contributed by atoms with van der Waals surface area (Å²) < 4.78 is 1.36. The quantitative estimate of drug-likeness (QED) is 0.170. The van der Waals surface area contributed by atoms with Gasteiger partial charge in [0.05, 0.1) is 0 Å². The van der Waals surface area contributed by atoms with Crippen LogP contribution in [0.1, 0.15) is 81.3 Å². The SMILES string of the molecule is CC(C)(C)c1c[c-]c2c(c1)-c1cc(C(C)(C)C)ccc1C2.Clc1ccc([C](=[Zr+2])c2ccccc2)cc1.[C-]1=CC=CC1. The van der Waals surface area contributed by atoms with Gasteiger partial charge in [-0.2, -0.15) is 35.4 Å². The predicted molar refractivity (Wildman–Crippen MR) is 174 cm³/mol. The van der Waals surface area contributed by atoms with Gasteiger partial charge in [-0.25, -0.2) is 12.2 Å². The van der Waals surface area contributed by atoms with Gasteiger partial charge in [0.15, 0.2) is 0 Å². The van der Waals surface area contributed by atoms with Crippen molar-refractivity contribution in [2.75, 3.05) is 0 Å². The summed E-state index contributed by atoms with van der Waals surface area (Å²) in [6.45, 7) is 13.6. The molecule has 0 saturated heterocycles. The van der Waals surface area contributed by atoms with Gasteiger partial charge in [-0.05, 0) is 17.4 Å². The molecule has 0 unspecified atom stereocenters. The van der Waals surface area contributed by atoms with Crippen LogP contribution in [-0.4, -0.2) is 3.21 Å². The molecule has 4 aromatic carbocycles. The average Bonchev–Trinajstić information content (AvgIpc) is 3.64. The topological polar surface area (TPSA) is 0 Å². The summed E-state index contributed by atoms with van der Waals surface area (Å²) in [5, 5.41) is 0.787. The number of allylic oxidation sites excluding steroid dienone is 4. The zero-order valence-electron chi connectivity index (χ0n) is 25.1. The maximum absolute atomic E-state index is 5.86. The molecule has 2 aliphatic rings. The Hall–Kier alpha value is -2.60. The van der Waals surface area contributed by atoms with Crippen LogP contribution in [0.25, 0.3) is 11.1 Å². The van der Waals surface area contributed by atoms with Crippen LogP contribution >= 0.6 is 11.6 Å². The van der Waals surface area contributed by atoms with Crippen LogP contribution in [0, 0.1) is 12.1 Å². The van der Waals surface area contributed by atoms with Gasteiger partial charge in [0, 0.05) is 0 Å². The van der Waals surface area contributed by atoms with E-state index in [1.807, 2.05) is 30.4 Å². The van der Waals surface area contributed by atoms with E-state index in [0.29, 0.717) is 0 Å². The molecule has 0 aromatic heterocycles. The number of rotatable bonds is 2. The van der Waals surface area contributed by atoms with Crippen molar-refractivity contribution < 1.29 is 24.2 Å². The molecule has 0 N–H and O–H groups in total. The maximum Gasteiger partial charge on any atom is -0.109 e. The molecule has 0 aliphatic heterocycles. The molecule has 0 radical (unpaired) electrons. The minimum absolute atomic E-state index is 0.177. The Labute approximate surface area is 267 Å². The molecule has 0 fully saturated rings. The van der Waals surface area contributed by atoms with E-state index in [4.69, 9.17) is 11.6 Å². The van der Waals surface area contributed by atoms with Gasteiger partial charge in [0.1, 0.15) is 0 Å². The fourth-order valence-corrected chi connectivity index (χ4v) is 5.66.